The molecule has 2 N–H and O–H groups in total. The minimum atomic E-state index is -0.537. The van der Waals surface area contributed by atoms with Crippen molar-refractivity contribution in [1.29, 1.82) is 0 Å². The topological polar surface area (TPSA) is 65.4 Å². The van der Waals surface area contributed by atoms with Crippen LogP contribution in [0.3, 0.4) is 0 Å². The van der Waals surface area contributed by atoms with Gasteiger partial charge in [0.25, 0.3) is 0 Å². The van der Waals surface area contributed by atoms with Gasteiger partial charge in [-0.2, -0.15) is 0 Å². The average Bonchev–Trinajstić information content (AvgIpc) is 2.74. The molecule has 1 aliphatic rings. The number of β-amino-alcohol motifs (C(OH)–C–C–N with tert-alkyl or cyclic N) is 2. The lowest BCUT2D eigenvalue weighted by molar-refractivity contribution is 0.0240. The standard InChI is InChI=1S/C22H28Br2N2O4/c23-17-1-5-21(6-2-17)29-15-19(27)13-25-9-11-26(12-10-25)14-20(28)16-30-22-7-3-18(24)4-8-22/h1-8,19-20,27-28H,9-16H2/t19-,20+. The van der Waals surface area contributed by atoms with Crippen molar-refractivity contribution < 1.29 is 19.7 Å². The molecule has 1 aliphatic heterocycles. The van der Waals surface area contributed by atoms with E-state index in [0.717, 1.165) is 46.6 Å². The van der Waals surface area contributed by atoms with Crippen molar-refractivity contribution >= 4 is 31.9 Å². The van der Waals surface area contributed by atoms with Gasteiger partial charge in [-0.15, -0.1) is 0 Å². The van der Waals surface area contributed by atoms with Crippen LogP contribution in [0.25, 0.3) is 0 Å². The molecule has 0 spiro atoms. The molecular formula is C22H28Br2N2O4. The number of halogens is 2. The highest BCUT2D eigenvalue weighted by Crippen LogP contribution is 2.17. The van der Waals surface area contributed by atoms with Crippen LogP contribution < -0.4 is 9.47 Å². The number of aliphatic hydroxyl groups excluding tert-OH is 2. The van der Waals surface area contributed by atoms with Gasteiger partial charge in [-0.25, -0.2) is 0 Å². The van der Waals surface area contributed by atoms with Gasteiger partial charge in [0.05, 0.1) is 0 Å². The zero-order chi connectivity index (χ0) is 21.3. The average molecular weight is 544 g/mol. The monoisotopic (exact) mass is 542 g/mol. The summed E-state index contributed by atoms with van der Waals surface area (Å²) in [5.41, 5.74) is 0. The van der Waals surface area contributed by atoms with Gasteiger partial charge in [-0.3, -0.25) is 9.80 Å². The number of hydrogen-bond donors (Lipinski definition) is 2. The summed E-state index contributed by atoms with van der Waals surface area (Å²) in [6, 6.07) is 15.2. The Hall–Kier alpha value is -1.16. The summed E-state index contributed by atoms with van der Waals surface area (Å²) in [4.78, 5) is 4.47. The summed E-state index contributed by atoms with van der Waals surface area (Å²) >= 11 is 6.79. The van der Waals surface area contributed by atoms with Crippen molar-refractivity contribution in [1.82, 2.24) is 9.80 Å². The number of nitrogens with zero attached hydrogens (tertiary/aromatic N) is 2. The molecule has 6 nitrogen and oxygen atoms in total. The minimum Gasteiger partial charge on any atom is -0.491 e. The second kappa shape index (κ2) is 12.0. The lowest BCUT2D eigenvalue weighted by atomic mass is 10.2. The van der Waals surface area contributed by atoms with Gasteiger partial charge < -0.3 is 19.7 Å². The van der Waals surface area contributed by atoms with Gasteiger partial charge in [0.2, 0.25) is 0 Å². The fraction of sp³-hybridized carbons (Fsp3) is 0.455. The molecule has 3 rings (SSSR count). The summed E-state index contributed by atoms with van der Waals surface area (Å²) < 4.78 is 13.3. The van der Waals surface area contributed by atoms with Crippen LogP contribution in [0.4, 0.5) is 0 Å². The predicted molar refractivity (Wildman–Crippen MR) is 124 cm³/mol. The van der Waals surface area contributed by atoms with Gasteiger partial charge in [0.15, 0.2) is 0 Å². The Morgan fingerprint density at radius 1 is 0.667 bits per heavy atom. The summed E-state index contributed by atoms with van der Waals surface area (Å²) in [5, 5.41) is 20.5. The Labute approximate surface area is 194 Å². The number of ether oxygens (including phenoxy) is 2. The first-order valence-electron chi connectivity index (χ1n) is 10.1. The van der Waals surface area contributed by atoms with E-state index in [-0.39, 0.29) is 13.2 Å². The predicted octanol–water partition coefficient (Wildman–Crippen LogP) is 3.01. The first-order valence-corrected chi connectivity index (χ1v) is 11.6. The molecule has 0 bridgehead atoms. The second-order valence-corrected chi connectivity index (χ2v) is 9.27. The van der Waals surface area contributed by atoms with Crippen molar-refractivity contribution in [3.05, 3.63) is 57.5 Å². The van der Waals surface area contributed by atoms with Gasteiger partial charge in [-0.05, 0) is 48.5 Å². The summed E-state index contributed by atoms with van der Waals surface area (Å²) in [7, 11) is 0. The highest BCUT2D eigenvalue weighted by atomic mass is 79.9. The maximum absolute atomic E-state index is 10.3. The van der Waals surface area contributed by atoms with E-state index in [1.807, 2.05) is 48.5 Å². The van der Waals surface area contributed by atoms with E-state index in [1.165, 1.54) is 0 Å². The van der Waals surface area contributed by atoms with Gasteiger partial charge in [0, 0.05) is 48.2 Å². The van der Waals surface area contributed by atoms with E-state index >= 15 is 0 Å². The van der Waals surface area contributed by atoms with Crippen molar-refractivity contribution in [2.45, 2.75) is 12.2 Å². The maximum atomic E-state index is 10.3. The number of rotatable bonds is 10. The third-order valence-electron chi connectivity index (χ3n) is 4.91. The van der Waals surface area contributed by atoms with Crippen LogP contribution in [0.5, 0.6) is 11.5 Å². The van der Waals surface area contributed by atoms with Crippen molar-refractivity contribution in [3.63, 3.8) is 0 Å². The Bertz CT molecular complexity index is 687. The van der Waals surface area contributed by atoms with Crippen LogP contribution in [0.1, 0.15) is 0 Å². The first kappa shape index (κ1) is 23.5. The van der Waals surface area contributed by atoms with E-state index < -0.39 is 12.2 Å². The molecule has 0 unspecified atom stereocenters. The Morgan fingerprint density at radius 3 is 1.33 bits per heavy atom. The smallest absolute Gasteiger partial charge is 0.119 e. The van der Waals surface area contributed by atoms with Gasteiger partial charge >= 0.3 is 0 Å². The molecule has 1 heterocycles. The third-order valence-corrected chi connectivity index (χ3v) is 5.97. The number of aliphatic hydroxyl groups is 2. The molecule has 2 atom stereocenters. The minimum absolute atomic E-state index is 0.272. The highest BCUT2D eigenvalue weighted by Gasteiger charge is 2.21. The molecule has 164 valence electrons. The van der Waals surface area contributed by atoms with Crippen LogP contribution in [0, 0.1) is 0 Å². The zero-order valence-electron chi connectivity index (χ0n) is 16.8. The Morgan fingerprint density at radius 2 is 1.00 bits per heavy atom. The summed E-state index contributed by atoms with van der Waals surface area (Å²) in [6.07, 6.45) is -1.07. The fourth-order valence-corrected chi connectivity index (χ4v) is 3.83. The molecule has 0 aliphatic carbocycles. The zero-order valence-corrected chi connectivity index (χ0v) is 20.0. The molecule has 1 fully saturated rings. The molecule has 30 heavy (non-hydrogen) atoms. The number of benzene rings is 2. The quantitative estimate of drug-likeness (QED) is 0.480. The molecule has 0 amide bonds. The van der Waals surface area contributed by atoms with E-state index in [1.54, 1.807) is 0 Å². The van der Waals surface area contributed by atoms with E-state index in [4.69, 9.17) is 9.47 Å². The van der Waals surface area contributed by atoms with Crippen LogP contribution in [0.15, 0.2) is 57.5 Å². The van der Waals surface area contributed by atoms with E-state index in [2.05, 4.69) is 41.7 Å². The van der Waals surface area contributed by atoms with E-state index in [9.17, 15) is 10.2 Å². The summed E-state index contributed by atoms with van der Waals surface area (Å²) in [6.45, 7) is 5.14. The molecule has 2 aromatic carbocycles. The lowest BCUT2D eigenvalue weighted by Crippen LogP contribution is -2.51. The first-order chi connectivity index (χ1) is 14.5. The number of hydrogen-bond acceptors (Lipinski definition) is 6. The van der Waals surface area contributed by atoms with Gasteiger partial charge in [0.1, 0.15) is 36.9 Å². The molecule has 8 heteroatoms. The van der Waals surface area contributed by atoms with Crippen LogP contribution in [-0.4, -0.2) is 84.7 Å². The third kappa shape index (κ3) is 8.17. The Balaban J connectivity index is 1.30. The molecule has 2 aromatic rings. The van der Waals surface area contributed by atoms with Crippen LogP contribution in [0.2, 0.25) is 0 Å². The Kier molecular flexibility index (Phi) is 9.42. The maximum Gasteiger partial charge on any atom is 0.119 e. The second-order valence-electron chi connectivity index (χ2n) is 7.44. The molecule has 0 radical (unpaired) electrons. The summed E-state index contributed by atoms with van der Waals surface area (Å²) in [5.74, 6) is 1.50. The van der Waals surface area contributed by atoms with Gasteiger partial charge in [-0.1, -0.05) is 31.9 Å². The SMILES string of the molecule is O[C@H](COc1ccc(Br)cc1)CN1CCN(C[C@@H](O)COc2ccc(Br)cc2)CC1. The van der Waals surface area contributed by atoms with Crippen molar-refractivity contribution in [3.8, 4) is 11.5 Å². The molecular weight excluding hydrogens is 516 g/mol. The van der Waals surface area contributed by atoms with Crippen LogP contribution >= 0.6 is 31.9 Å². The van der Waals surface area contributed by atoms with Crippen molar-refractivity contribution in [2.75, 3.05) is 52.5 Å². The van der Waals surface area contributed by atoms with E-state index in [0.29, 0.717) is 13.1 Å². The number of piperazine rings is 1. The fourth-order valence-electron chi connectivity index (χ4n) is 3.30. The lowest BCUT2D eigenvalue weighted by Gasteiger charge is -2.36. The molecule has 0 saturated carbocycles. The highest BCUT2D eigenvalue weighted by molar-refractivity contribution is 9.10. The normalized spacial score (nSPS) is 17.5. The molecule has 0 aromatic heterocycles. The van der Waals surface area contributed by atoms with Crippen LogP contribution in [-0.2, 0) is 0 Å². The molecule has 1 saturated heterocycles. The largest absolute Gasteiger partial charge is 0.491 e. The van der Waals surface area contributed by atoms with Crippen molar-refractivity contribution in [2.24, 2.45) is 0 Å².